The molecule has 0 bridgehead atoms. The highest BCUT2D eigenvalue weighted by Crippen LogP contribution is 2.33. The van der Waals surface area contributed by atoms with Crippen LogP contribution in [0.5, 0.6) is 11.5 Å². The molecule has 4 aromatic carbocycles. The number of para-hydroxylation sites is 2. The van der Waals surface area contributed by atoms with Crippen LogP contribution in [0.4, 0.5) is 5.69 Å². The maximum Gasteiger partial charge on any atom is 0.262 e. The molecule has 2 amide bonds. The van der Waals surface area contributed by atoms with Crippen molar-refractivity contribution in [3.63, 3.8) is 0 Å². The molecule has 4 aromatic rings. The van der Waals surface area contributed by atoms with Crippen LogP contribution in [0.3, 0.4) is 0 Å². The highest BCUT2D eigenvalue weighted by molar-refractivity contribution is 7.89. The van der Waals surface area contributed by atoms with E-state index in [1.54, 1.807) is 36.4 Å². The Kier molecular flexibility index (Phi) is 9.93. The van der Waals surface area contributed by atoms with Crippen molar-refractivity contribution in [2.75, 3.05) is 38.2 Å². The highest BCUT2D eigenvalue weighted by Gasteiger charge is 2.36. The summed E-state index contributed by atoms with van der Waals surface area (Å²) in [6, 6.07) is 32.3. The predicted molar refractivity (Wildman–Crippen MR) is 168 cm³/mol. The van der Waals surface area contributed by atoms with E-state index >= 15 is 0 Å². The van der Waals surface area contributed by atoms with Gasteiger partial charge in [0.05, 0.1) is 30.8 Å². The molecule has 0 aliphatic carbocycles. The molecular formula is C34H35N3O6S. The van der Waals surface area contributed by atoms with Crippen molar-refractivity contribution >= 4 is 27.5 Å². The predicted octanol–water partition coefficient (Wildman–Crippen LogP) is 4.08. The first-order valence-corrected chi connectivity index (χ1v) is 15.8. The molecule has 228 valence electrons. The zero-order valence-electron chi connectivity index (χ0n) is 24.5. The monoisotopic (exact) mass is 613 g/mol. The van der Waals surface area contributed by atoms with E-state index in [2.05, 4.69) is 5.32 Å². The zero-order chi connectivity index (χ0) is 30.9. The third-order valence-corrected chi connectivity index (χ3v) is 9.28. The number of anilines is 1. The molecular weight excluding hydrogens is 578 g/mol. The van der Waals surface area contributed by atoms with Crippen molar-refractivity contribution in [2.24, 2.45) is 0 Å². The van der Waals surface area contributed by atoms with Crippen LogP contribution in [-0.2, 0) is 32.5 Å². The van der Waals surface area contributed by atoms with Gasteiger partial charge in [-0.1, -0.05) is 72.8 Å². The summed E-state index contributed by atoms with van der Waals surface area (Å²) in [5.74, 6) is 0.0889. The second kappa shape index (κ2) is 14.2. The summed E-state index contributed by atoms with van der Waals surface area (Å²) >= 11 is 0. The Morgan fingerprint density at radius 1 is 0.864 bits per heavy atom. The molecule has 0 fully saturated rings. The molecule has 44 heavy (non-hydrogen) atoms. The smallest absolute Gasteiger partial charge is 0.262 e. The van der Waals surface area contributed by atoms with E-state index < -0.39 is 28.6 Å². The zero-order valence-corrected chi connectivity index (χ0v) is 25.3. The summed E-state index contributed by atoms with van der Waals surface area (Å²) in [7, 11) is -2.55. The van der Waals surface area contributed by atoms with E-state index in [4.69, 9.17) is 9.47 Å². The van der Waals surface area contributed by atoms with Gasteiger partial charge < -0.3 is 19.7 Å². The fraction of sp³-hybridized carbons (Fsp3) is 0.235. The number of benzene rings is 4. The van der Waals surface area contributed by atoms with Crippen LogP contribution in [0.2, 0.25) is 0 Å². The SMILES string of the molecule is COc1ccc(S(=O)(=O)N(CCc2ccccc2)CC(=O)N2C[C@@H](C(=O)NCCc3ccccc3)Oc3ccccc32)cc1. The molecule has 5 rings (SSSR count). The van der Waals surface area contributed by atoms with Gasteiger partial charge in [0.25, 0.3) is 5.91 Å². The van der Waals surface area contributed by atoms with Crippen molar-refractivity contribution in [2.45, 2.75) is 23.8 Å². The third-order valence-electron chi connectivity index (χ3n) is 7.42. The lowest BCUT2D eigenvalue weighted by atomic mass is 10.1. The average molecular weight is 614 g/mol. The number of hydrogen-bond donors (Lipinski definition) is 1. The number of carbonyl (C=O) groups is 2. The Bertz CT molecular complexity index is 1660. The van der Waals surface area contributed by atoms with Crippen molar-refractivity contribution in [3.05, 3.63) is 120 Å². The molecule has 1 atom stereocenters. The number of carbonyl (C=O) groups excluding carboxylic acids is 2. The van der Waals surface area contributed by atoms with E-state index in [0.29, 0.717) is 36.6 Å². The van der Waals surface area contributed by atoms with Crippen LogP contribution in [0.15, 0.2) is 114 Å². The Balaban J connectivity index is 1.35. The summed E-state index contributed by atoms with van der Waals surface area (Å²) in [6.45, 7) is 0.0190. The Morgan fingerprint density at radius 3 is 2.14 bits per heavy atom. The van der Waals surface area contributed by atoms with Gasteiger partial charge >= 0.3 is 0 Å². The molecule has 1 aliphatic heterocycles. The fourth-order valence-electron chi connectivity index (χ4n) is 5.01. The number of ether oxygens (including phenoxy) is 2. The van der Waals surface area contributed by atoms with E-state index in [1.807, 2.05) is 60.7 Å². The summed E-state index contributed by atoms with van der Waals surface area (Å²) < 4.78 is 40.1. The normalized spacial score (nSPS) is 14.4. The maximum atomic E-state index is 13.9. The maximum absolute atomic E-state index is 13.9. The van der Waals surface area contributed by atoms with Crippen LogP contribution >= 0.6 is 0 Å². The summed E-state index contributed by atoms with van der Waals surface area (Å²) in [6.07, 6.45) is 0.105. The molecule has 1 N–H and O–H groups in total. The van der Waals surface area contributed by atoms with Crippen LogP contribution in [0, 0.1) is 0 Å². The van der Waals surface area contributed by atoms with E-state index in [0.717, 1.165) is 11.1 Å². The van der Waals surface area contributed by atoms with Gasteiger partial charge in [0.15, 0.2) is 6.10 Å². The van der Waals surface area contributed by atoms with Gasteiger partial charge in [0.1, 0.15) is 11.5 Å². The van der Waals surface area contributed by atoms with Crippen molar-refractivity contribution in [3.8, 4) is 11.5 Å². The molecule has 10 heteroatoms. The van der Waals surface area contributed by atoms with Gasteiger partial charge in [-0.05, 0) is 60.4 Å². The fourth-order valence-corrected chi connectivity index (χ4v) is 6.40. The second-order valence-corrected chi connectivity index (χ2v) is 12.3. The number of hydrogen-bond acceptors (Lipinski definition) is 6. The third kappa shape index (κ3) is 7.45. The van der Waals surface area contributed by atoms with Crippen molar-refractivity contribution in [1.29, 1.82) is 0 Å². The van der Waals surface area contributed by atoms with E-state index in [9.17, 15) is 18.0 Å². The van der Waals surface area contributed by atoms with Gasteiger partial charge in [0, 0.05) is 13.1 Å². The lowest BCUT2D eigenvalue weighted by Crippen LogP contribution is -2.53. The first kappa shape index (κ1) is 30.8. The molecule has 0 radical (unpaired) electrons. The minimum absolute atomic E-state index is 0.0530. The second-order valence-electron chi connectivity index (χ2n) is 10.4. The highest BCUT2D eigenvalue weighted by atomic mass is 32.2. The lowest BCUT2D eigenvalue weighted by molar-refractivity contribution is -0.128. The minimum atomic E-state index is -4.06. The van der Waals surface area contributed by atoms with Crippen LogP contribution in [0.25, 0.3) is 0 Å². The minimum Gasteiger partial charge on any atom is -0.497 e. The molecule has 0 saturated carbocycles. The standard InChI is InChI=1S/C34H35N3O6S/c1-42-28-16-18-29(19-17-28)44(40,41)36(23-21-27-12-6-3-7-13-27)25-33(38)37-24-32(43-31-15-9-8-14-30(31)37)34(39)35-22-20-26-10-4-2-5-11-26/h2-19,32H,20-25H2,1H3,(H,35,39)/t32-/m0/s1. The van der Waals surface area contributed by atoms with Crippen molar-refractivity contribution in [1.82, 2.24) is 9.62 Å². The molecule has 0 saturated heterocycles. The van der Waals surface area contributed by atoms with Crippen molar-refractivity contribution < 1.29 is 27.5 Å². The first-order chi connectivity index (χ1) is 21.3. The number of nitrogens with zero attached hydrogens (tertiary/aromatic N) is 2. The van der Waals surface area contributed by atoms with Gasteiger partial charge in [-0.2, -0.15) is 4.31 Å². The summed E-state index contributed by atoms with van der Waals surface area (Å²) in [5, 5.41) is 2.91. The number of fused-ring (bicyclic) bond motifs is 1. The quantitative estimate of drug-likeness (QED) is 0.258. The van der Waals surface area contributed by atoms with Gasteiger partial charge in [-0.25, -0.2) is 8.42 Å². The molecule has 1 heterocycles. The molecule has 1 aliphatic rings. The summed E-state index contributed by atoms with van der Waals surface area (Å²) in [5.41, 5.74) is 2.52. The lowest BCUT2D eigenvalue weighted by Gasteiger charge is -2.35. The average Bonchev–Trinajstić information content (AvgIpc) is 3.06. The van der Waals surface area contributed by atoms with Crippen LogP contribution in [-0.4, -0.2) is 63.9 Å². The topological polar surface area (TPSA) is 105 Å². The number of rotatable bonds is 12. The number of amides is 2. The van der Waals surface area contributed by atoms with Crippen LogP contribution < -0.4 is 19.7 Å². The Hall–Kier alpha value is -4.67. The number of methoxy groups -OCH3 is 1. The molecule has 0 unspecified atom stereocenters. The van der Waals surface area contributed by atoms with Gasteiger partial charge in [-0.3, -0.25) is 9.59 Å². The molecule has 0 aromatic heterocycles. The largest absolute Gasteiger partial charge is 0.497 e. The van der Waals surface area contributed by atoms with E-state index in [1.165, 1.54) is 28.4 Å². The van der Waals surface area contributed by atoms with Gasteiger partial charge in [-0.15, -0.1) is 0 Å². The Labute approximate surface area is 258 Å². The molecule has 9 nitrogen and oxygen atoms in total. The molecule has 0 spiro atoms. The summed E-state index contributed by atoms with van der Waals surface area (Å²) in [4.78, 5) is 28.6. The van der Waals surface area contributed by atoms with Gasteiger partial charge in [0.2, 0.25) is 15.9 Å². The van der Waals surface area contributed by atoms with Crippen LogP contribution in [0.1, 0.15) is 11.1 Å². The van der Waals surface area contributed by atoms with E-state index in [-0.39, 0.29) is 23.9 Å². The first-order valence-electron chi connectivity index (χ1n) is 14.4. The number of sulfonamides is 1. The Morgan fingerprint density at radius 2 is 1.48 bits per heavy atom. The number of nitrogens with one attached hydrogen (secondary N) is 1.